The summed E-state index contributed by atoms with van der Waals surface area (Å²) in [6.45, 7) is 4.59. The fourth-order valence-corrected chi connectivity index (χ4v) is 3.16. The van der Waals surface area contributed by atoms with E-state index < -0.39 is 0 Å². The Morgan fingerprint density at radius 3 is 3.07 bits per heavy atom. The smallest absolute Gasteiger partial charge is 0.0502 e. The van der Waals surface area contributed by atoms with Crippen molar-refractivity contribution in [3.8, 4) is 0 Å². The number of nitrogens with two attached hydrogens (primary N) is 1. The van der Waals surface area contributed by atoms with Crippen molar-refractivity contribution in [2.45, 2.75) is 31.8 Å². The molecule has 1 aromatic rings. The van der Waals surface area contributed by atoms with Crippen LogP contribution in [0.15, 0.2) is 18.2 Å². The topological polar surface area (TPSA) is 29.3 Å². The van der Waals surface area contributed by atoms with E-state index in [1.54, 1.807) is 5.56 Å². The zero-order chi connectivity index (χ0) is 10.4. The lowest BCUT2D eigenvalue weighted by Crippen LogP contribution is -2.37. The molecule has 15 heavy (non-hydrogen) atoms. The van der Waals surface area contributed by atoms with Crippen molar-refractivity contribution in [2.24, 2.45) is 5.73 Å². The van der Waals surface area contributed by atoms with Crippen LogP contribution in [0.25, 0.3) is 0 Å². The van der Waals surface area contributed by atoms with Crippen molar-refractivity contribution < 1.29 is 0 Å². The summed E-state index contributed by atoms with van der Waals surface area (Å²) in [5.74, 6) is 0. The zero-order valence-electron chi connectivity index (χ0n) is 9.24. The molecule has 0 saturated carbocycles. The average molecular weight is 202 g/mol. The second-order valence-electron chi connectivity index (χ2n) is 4.83. The first-order valence-electron chi connectivity index (χ1n) is 5.85. The highest BCUT2D eigenvalue weighted by Gasteiger charge is 2.36. The normalized spacial score (nSPS) is 30.0. The van der Waals surface area contributed by atoms with Gasteiger partial charge in [-0.25, -0.2) is 0 Å². The summed E-state index contributed by atoms with van der Waals surface area (Å²) in [6, 6.07) is 7.49. The highest BCUT2D eigenvalue weighted by molar-refractivity contribution is 5.40. The molecule has 0 bridgehead atoms. The van der Waals surface area contributed by atoms with Crippen molar-refractivity contribution in [3.63, 3.8) is 0 Å². The van der Waals surface area contributed by atoms with Crippen LogP contribution in [0.5, 0.6) is 0 Å². The highest BCUT2D eigenvalue weighted by Crippen LogP contribution is 2.37. The van der Waals surface area contributed by atoms with Crippen molar-refractivity contribution in [1.82, 2.24) is 4.90 Å². The quantitative estimate of drug-likeness (QED) is 0.693. The minimum absolute atomic E-state index is 0.339. The van der Waals surface area contributed by atoms with E-state index >= 15 is 0 Å². The maximum atomic E-state index is 6.21. The fourth-order valence-electron chi connectivity index (χ4n) is 3.16. The van der Waals surface area contributed by atoms with Gasteiger partial charge in [-0.2, -0.15) is 0 Å². The fraction of sp³-hybridized carbons (Fsp3) is 0.538. The van der Waals surface area contributed by atoms with Crippen LogP contribution >= 0.6 is 0 Å². The molecule has 1 fully saturated rings. The Hall–Kier alpha value is -0.860. The number of hydrogen-bond acceptors (Lipinski definition) is 2. The molecule has 3 rings (SSSR count). The van der Waals surface area contributed by atoms with E-state index in [9.17, 15) is 0 Å². The van der Waals surface area contributed by atoms with Gasteiger partial charge < -0.3 is 5.73 Å². The molecule has 0 radical (unpaired) electrons. The molecule has 2 aliphatic rings. The van der Waals surface area contributed by atoms with Crippen LogP contribution in [0, 0.1) is 6.92 Å². The lowest BCUT2D eigenvalue weighted by Gasteiger charge is -2.34. The third-order valence-electron chi connectivity index (χ3n) is 3.96. The second-order valence-corrected chi connectivity index (χ2v) is 4.83. The molecule has 2 unspecified atom stereocenters. The molecule has 2 nitrogen and oxygen atoms in total. The van der Waals surface area contributed by atoms with Gasteiger partial charge in [0.25, 0.3) is 0 Å². The van der Waals surface area contributed by atoms with Crippen LogP contribution in [0.4, 0.5) is 0 Å². The van der Waals surface area contributed by atoms with Gasteiger partial charge in [0.05, 0.1) is 6.04 Å². The van der Waals surface area contributed by atoms with Gasteiger partial charge in [0.1, 0.15) is 0 Å². The predicted octanol–water partition coefficient (Wildman–Crippen LogP) is 1.63. The Balaban J connectivity index is 2.10. The van der Waals surface area contributed by atoms with E-state index in [-0.39, 0.29) is 0 Å². The molecule has 0 aromatic heterocycles. The van der Waals surface area contributed by atoms with Crippen LogP contribution in [0.3, 0.4) is 0 Å². The van der Waals surface area contributed by atoms with E-state index in [2.05, 4.69) is 30.0 Å². The first kappa shape index (κ1) is 9.37. The number of aryl methyl sites for hydroxylation is 1. The molecule has 2 aliphatic heterocycles. The lowest BCUT2D eigenvalue weighted by molar-refractivity contribution is 0.234. The Morgan fingerprint density at radius 1 is 1.33 bits per heavy atom. The largest absolute Gasteiger partial charge is 0.326 e. The number of fused-ring (bicyclic) bond motifs is 3. The summed E-state index contributed by atoms with van der Waals surface area (Å²) in [4.78, 5) is 2.55. The minimum Gasteiger partial charge on any atom is -0.326 e. The third-order valence-corrected chi connectivity index (χ3v) is 3.96. The highest BCUT2D eigenvalue weighted by atomic mass is 15.2. The predicted molar refractivity (Wildman–Crippen MR) is 61.8 cm³/mol. The Bertz CT molecular complexity index is 386. The van der Waals surface area contributed by atoms with Crippen LogP contribution in [0.1, 0.15) is 29.2 Å². The molecule has 80 valence electrons. The van der Waals surface area contributed by atoms with E-state index in [4.69, 9.17) is 5.73 Å². The van der Waals surface area contributed by atoms with E-state index in [0.29, 0.717) is 12.1 Å². The molecule has 2 N–H and O–H groups in total. The molecule has 1 saturated heterocycles. The van der Waals surface area contributed by atoms with Crippen LogP contribution in [0.2, 0.25) is 0 Å². The summed E-state index contributed by atoms with van der Waals surface area (Å²) in [5.41, 5.74) is 10.7. The van der Waals surface area contributed by atoms with Crippen LogP contribution < -0.4 is 5.73 Å². The minimum atomic E-state index is 0.339. The summed E-state index contributed by atoms with van der Waals surface area (Å²) in [6.07, 6.45) is 2.35. The SMILES string of the molecule is Cc1cccc2c1CCN1CCC(N)C21. The number of nitrogens with zero attached hydrogens (tertiary/aromatic N) is 1. The van der Waals surface area contributed by atoms with Crippen molar-refractivity contribution in [2.75, 3.05) is 13.1 Å². The molecule has 2 heteroatoms. The Labute approximate surface area is 91.1 Å². The van der Waals surface area contributed by atoms with Gasteiger partial charge in [-0.1, -0.05) is 18.2 Å². The van der Waals surface area contributed by atoms with Gasteiger partial charge >= 0.3 is 0 Å². The summed E-state index contributed by atoms with van der Waals surface area (Å²) < 4.78 is 0. The Morgan fingerprint density at radius 2 is 2.20 bits per heavy atom. The van der Waals surface area contributed by atoms with Crippen LogP contribution in [-0.4, -0.2) is 24.0 Å². The average Bonchev–Trinajstić information content (AvgIpc) is 2.61. The molecule has 0 amide bonds. The molecule has 2 atom stereocenters. The number of rotatable bonds is 0. The lowest BCUT2D eigenvalue weighted by atomic mass is 9.88. The summed E-state index contributed by atoms with van der Waals surface area (Å²) >= 11 is 0. The second kappa shape index (κ2) is 3.32. The van der Waals surface area contributed by atoms with Gasteiger partial charge in [-0.3, -0.25) is 4.90 Å². The Kier molecular flexibility index (Phi) is 2.08. The van der Waals surface area contributed by atoms with Crippen molar-refractivity contribution >= 4 is 0 Å². The standard InChI is InChI=1S/C13H18N2/c1-9-3-2-4-11-10(9)5-7-15-8-6-12(14)13(11)15/h2-4,12-13H,5-8,14H2,1H3. The first-order valence-corrected chi connectivity index (χ1v) is 5.85. The summed E-state index contributed by atoms with van der Waals surface area (Å²) in [5, 5.41) is 0. The molecule has 0 spiro atoms. The zero-order valence-corrected chi connectivity index (χ0v) is 9.24. The van der Waals surface area contributed by atoms with Gasteiger partial charge in [-0.05, 0) is 36.5 Å². The van der Waals surface area contributed by atoms with Crippen molar-refractivity contribution in [3.05, 3.63) is 34.9 Å². The van der Waals surface area contributed by atoms with Crippen molar-refractivity contribution in [1.29, 1.82) is 0 Å². The maximum Gasteiger partial charge on any atom is 0.0502 e. The molecule has 2 heterocycles. The van der Waals surface area contributed by atoms with Crippen LogP contribution in [-0.2, 0) is 6.42 Å². The molecule has 0 aliphatic carbocycles. The molecule has 1 aromatic carbocycles. The van der Waals surface area contributed by atoms with E-state index in [0.717, 1.165) is 6.42 Å². The number of hydrogen-bond donors (Lipinski definition) is 1. The molecular formula is C13H18N2. The number of benzene rings is 1. The van der Waals surface area contributed by atoms with E-state index in [1.165, 1.54) is 30.6 Å². The summed E-state index contributed by atoms with van der Waals surface area (Å²) in [7, 11) is 0. The van der Waals surface area contributed by atoms with Gasteiger partial charge in [-0.15, -0.1) is 0 Å². The van der Waals surface area contributed by atoms with E-state index in [1.807, 2.05) is 0 Å². The monoisotopic (exact) mass is 202 g/mol. The van der Waals surface area contributed by atoms with Gasteiger partial charge in [0.2, 0.25) is 0 Å². The molecular weight excluding hydrogens is 184 g/mol. The van der Waals surface area contributed by atoms with Gasteiger partial charge in [0, 0.05) is 19.1 Å². The third kappa shape index (κ3) is 1.32. The maximum absolute atomic E-state index is 6.21. The van der Waals surface area contributed by atoms with Gasteiger partial charge in [0.15, 0.2) is 0 Å². The first-order chi connectivity index (χ1) is 7.27.